The van der Waals surface area contributed by atoms with E-state index in [-0.39, 0.29) is 29.7 Å². The lowest BCUT2D eigenvalue weighted by atomic mass is 9.95. The molecule has 3 saturated heterocycles. The summed E-state index contributed by atoms with van der Waals surface area (Å²) in [5.41, 5.74) is 7.57. The fraction of sp³-hybridized carbons (Fsp3) is 0.349. The molecule has 1 unspecified atom stereocenters. The van der Waals surface area contributed by atoms with Crippen molar-refractivity contribution in [3.05, 3.63) is 101 Å². The number of aromatic nitrogens is 5. The second-order valence-electron chi connectivity index (χ2n) is 16.0. The number of nitrogens with one attached hydrogen (secondary N) is 3. The van der Waals surface area contributed by atoms with E-state index in [9.17, 15) is 23.6 Å². The van der Waals surface area contributed by atoms with Crippen molar-refractivity contribution < 1.29 is 18.8 Å². The van der Waals surface area contributed by atoms with Gasteiger partial charge in [0.1, 0.15) is 23.3 Å². The van der Waals surface area contributed by atoms with Crippen LogP contribution in [0.4, 0.5) is 27.3 Å². The molecule has 3 amide bonds. The van der Waals surface area contributed by atoms with Gasteiger partial charge < -0.3 is 20.4 Å². The van der Waals surface area contributed by atoms with Crippen molar-refractivity contribution in [2.24, 2.45) is 13.0 Å². The number of aryl methyl sites for hydroxylation is 1. The topological polar surface area (TPSA) is 154 Å². The fourth-order valence-corrected chi connectivity index (χ4v) is 9.34. The molecule has 1 atom stereocenters. The highest BCUT2D eigenvalue weighted by Crippen LogP contribution is 2.36. The van der Waals surface area contributed by atoms with Crippen LogP contribution in [0.2, 0.25) is 0 Å². The van der Waals surface area contributed by atoms with Gasteiger partial charge in [-0.15, -0.1) is 0 Å². The molecule has 0 radical (unpaired) electrons. The summed E-state index contributed by atoms with van der Waals surface area (Å²) in [7, 11) is 1.72. The van der Waals surface area contributed by atoms with Crippen molar-refractivity contribution in [3.8, 4) is 11.3 Å². The number of piperidine rings is 2. The standard InChI is InChI=1S/C43H44FN11O4/c1-50-33-6-2-28(21-35(33)55(43(50)59)34-7-9-39(56)49-41(34)57)53-18-16-51(17-19-53)25-26-10-13-52(14-11-26)29-3-8-37(45-22-29)48-32-5-4-30(31-23-47-42(58)40(31)32)36-24-46-38-20-27(44)12-15-54(36)38/h2-6,8,12,15,20-22,24,26,34H,7,9-11,13-14,16-19,23,25H2,1H3,(H,45,48)(H,47,58)(H,49,56,57). The molecule has 16 heteroatoms. The molecular formula is C43H44FN11O4. The Kier molecular flexibility index (Phi) is 9.15. The summed E-state index contributed by atoms with van der Waals surface area (Å²) in [6.07, 6.45) is 7.96. The summed E-state index contributed by atoms with van der Waals surface area (Å²) in [6.45, 7) is 6.98. The van der Waals surface area contributed by atoms with Gasteiger partial charge in [-0.3, -0.25) is 38.1 Å². The van der Waals surface area contributed by atoms with Crippen molar-refractivity contribution in [3.63, 3.8) is 0 Å². The molecule has 4 aliphatic rings. The normalized spacial score (nSPS) is 19.1. The van der Waals surface area contributed by atoms with Crippen LogP contribution in [0.3, 0.4) is 0 Å². The molecule has 4 aliphatic heterocycles. The number of pyridine rings is 2. The maximum atomic E-state index is 13.8. The SMILES string of the molecule is Cn1c(=O)n(C2CCC(=O)NC2=O)c2cc(N3CCN(CC4CCN(c5ccc(Nc6ccc(-c7cnc8cc(F)ccn78)c7c6C(=O)NC7)nc5)CC4)CC3)ccc21. The number of benzene rings is 2. The maximum Gasteiger partial charge on any atom is 0.329 e. The number of carbonyl (C=O) groups excluding carboxylic acids is 3. The van der Waals surface area contributed by atoms with Gasteiger partial charge in [0, 0.05) is 89.3 Å². The molecule has 6 aromatic rings. The predicted molar refractivity (Wildman–Crippen MR) is 221 cm³/mol. The number of anilines is 4. The zero-order chi connectivity index (χ0) is 40.4. The van der Waals surface area contributed by atoms with Gasteiger partial charge in [0.05, 0.1) is 46.1 Å². The zero-order valence-corrected chi connectivity index (χ0v) is 32.7. The summed E-state index contributed by atoms with van der Waals surface area (Å²) in [5, 5.41) is 8.71. The zero-order valence-electron chi connectivity index (χ0n) is 32.7. The summed E-state index contributed by atoms with van der Waals surface area (Å²) in [6, 6.07) is 16.0. The predicted octanol–water partition coefficient (Wildman–Crippen LogP) is 4.19. The highest BCUT2D eigenvalue weighted by molar-refractivity contribution is 6.06. The minimum absolute atomic E-state index is 0.156. The van der Waals surface area contributed by atoms with E-state index in [0.717, 1.165) is 92.4 Å². The lowest BCUT2D eigenvalue weighted by Gasteiger charge is -2.40. The van der Waals surface area contributed by atoms with Crippen LogP contribution in [-0.2, 0) is 23.2 Å². The largest absolute Gasteiger partial charge is 0.370 e. The second-order valence-corrected chi connectivity index (χ2v) is 16.0. The Morgan fingerprint density at radius 2 is 1.63 bits per heavy atom. The summed E-state index contributed by atoms with van der Waals surface area (Å²) >= 11 is 0. The number of hydrogen-bond acceptors (Lipinski definition) is 10. The Hall–Kier alpha value is -6.55. The van der Waals surface area contributed by atoms with Crippen LogP contribution in [0.1, 0.15) is 47.6 Å². The van der Waals surface area contributed by atoms with Crippen molar-refractivity contribution in [1.29, 1.82) is 0 Å². The number of imidazole rings is 2. The molecule has 59 heavy (non-hydrogen) atoms. The average Bonchev–Trinajstić information content (AvgIpc) is 3.92. The van der Waals surface area contributed by atoms with Crippen LogP contribution in [0.5, 0.6) is 0 Å². The quantitative estimate of drug-likeness (QED) is 0.191. The minimum Gasteiger partial charge on any atom is -0.370 e. The van der Waals surface area contributed by atoms with E-state index >= 15 is 0 Å². The molecule has 0 saturated carbocycles. The third kappa shape index (κ3) is 6.66. The Bertz CT molecular complexity index is 2710. The number of imide groups is 1. The number of piperazine rings is 1. The van der Waals surface area contributed by atoms with Crippen molar-refractivity contribution in [2.45, 2.75) is 38.3 Å². The van der Waals surface area contributed by atoms with E-state index < -0.39 is 11.9 Å². The smallest absolute Gasteiger partial charge is 0.329 e. The molecule has 0 spiro atoms. The van der Waals surface area contributed by atoms with Crippen molar-refractivity contribution in [2.75, 3.05) is 60.9 Å². The first-order valence-corrected chi connectivity index (χ1v) is 20.3. The van der Waals surface area contributed by atoms with Gasteiger partial charge in [-0.05, 0) is 73.2 Å². The van der Waals surface area contributed by atoms with Crippen LogP contribution in [0.25, 0.3) is 27.9 Å². The van der Waals surface area contributed by atoms with Gasteiger partial charge in [0.25, 0.3) is 5.91 Å². The van der Waals surface area contributed by atoms with Crippen LogP contribution in [-0.4, -0.2) is 91.9 Å². The summed E-state index contributed by atoms with van der Waals surface area (Å²) in [4.78, 5) is 67.1. The van der Waals surface area contributed by atoms with Gasteiger partial charge in [-0.2, -0.15) is 0 Å². The lowest BCUT2D eigenvalue weighted by Crippen LogP contribution is -2.49. The molecule has 4 aromatic heterocycles. The number of amides is 3. The molecule has 2 aromatic carbocycles. The third-order valence-corrected chi connectivity index (χ3v) is 12.6. The van der Waals surface area contributed by atoms with Crippen LogP contribution in [0.15, 0.2) is 78.0 Å². The van der Waals surface area contributed by atoms with Crippen LogP contribution >= 0.6 is 0 Å². The number of hydrogen-bond donors (Lipinski definition) is 3. The molecule has 0 aliphatic carbocycles. The second kappa shape index (κ2) is 14.7. The monoisotopic (exact) mass is 797 g/mol. The van der Waals surface area contributed by atoms with E-state index in [2.05, 4.69) is 47.8 Å². The van der Waals surface area contributed by atoms with Crippen molar-refractivity contribution in [1.82, 2.24) is 39.0 Å². The molecule has 3 fully saturated rings. The first kappa shape index (κ1) is 36.8. The van der Waals surface area contributed by atoms with Crippen LogP contribution in [0, 0.1) is 11.7 Å². The Labute approximate surface area is 338 Å². The molecule has 302 valence electrons. The van der Waals surface area contributed by atoms with Gasteiger partial charge in [0.2, 0.25) is 11.8 Å². The first-order valence-electron chi connectivity index (χ1n) is 20.3. The van der Waals surface area contributed by atoms with Gasteiger partial charge in [-0.25, -0.2) is 19.2 Å². The van der Waals surface area contributed by atoms with E-state index in [1.54, 1.807) is 28.6 Å². The highest BCUT2D eigenvalue weighted by atomic mass is 19.1. The van der Waals surface area contributed by atoms with Crippen molar-refractivity contribution >= 4 is 57.3 Å². The summed E-state index contributed by atoms with van der Waals surface area (Å²) < 4.78 is 18.7. The molecule has 3 N–H and O–H groups in total. The van der Waals surface area contributed by atoms with E-state index in [1.165, 1.54) is 12.1 Å². The minimum atomic E-state index is -0.705. The molecule has 8 heterocycles. The molecular weight excluding hydrogens is 754 g/mol. The van der Waals surface area contributed by atoms with Gasteiger partial charge in [0.15, 0.2) is 0 Å². The lowest BCUT2D eigenvalue weighted by molar-refractivity contribution is -0.135. The maximum absolute atomic E-state index is 13.8. The molecule has 10 rings (SSSR count). The number of nitrogens with zero attached hydrogens (tertiary/aromatic N) is 8. The molecule has 0 bridgehead atoms. The fourth-order valence-electron chi connectivity index (χ4n) is 9.34. The Morgan fingerprint density at radius 3 is 2.41 bits per heavy atom. The average molecular weight is 798 g/mol. The van der Waals surface area contributed by atoms with E-state index in [4.69, 9.17) is 4.98 Å². The number of halogens is 1. The Balaban J connectivity index is 0.740. The summed E-state index contributed by atoms with van der Waals surface area (Å²) in [5.74, 6) is 0.0176. The number of rotatable bonds is 8. The Morgan fingerprint density at radius 1 is 0.831 bits per heavy atom. The highest BCUT2D eigenvalue weighted by Gasteiger charge is 2.32. The van der Waals surface area contributed by atoms with E-state index in [0.29, 0.717) is 47.1 Å². The third-order valence-electron chi connectivity index (χ3n) is 12.6. The van der Waals surface area contributed by atoms with Gasteiger partial charge in [-0.1, -0.05) is 6.07 Å². The van der Waals surface area contributed by atoms with Gasteiger partial charge >= 0.3 is 5.69 Å². The van der Waals surface area contributed by atoms with E-state index in [1.807, 2.05) is 40.9 Å². The number of carbonyl (C=O) groups is 3. The number of fused-ring (bicyclic) bond motifs is 3. The van der Waals surface area contributed by atoms with Crippen LogP contribution < -0.4 is 31.4 Å². The molecule has 15 nitrogen and oxygen atoms in total. The first-order chi connectivity index (χ1) is 28.7.